The second kappa shape index (κ2) is 8.86. The van der Waals surface area contributed by atoms with Gasteiger partial charge in [0.2, 0.25) is 0 Å². The smallest absolute Gasteiger partial charge is 0.251 e. The van der Waals surface area contributed by atoms with E-state index in [4.69, 9.17) is 15.2 Å². The summed E-state index contributed by atoms with van der Waals surface area (Å²) in [6.45, 7) is 2.95. The molecule has 4 N–H and O–H groups in total. The van der Waals surface area contributed by atoms with E-state index in [9.17, 15) is 9.90 Å². The number of carbonyl (C=O) groups excluding carboxylic acids is 1. The first kappa shape index (κ1) is 17.7. The summed E-state index contributed by atoms with van der Waals surface area (Å²) in [5.41, 5.74) is 5.73. The molecule has 1 aliphatic rings. The van der Waals surface area contributed by atoms with Crippen molar-refractivity contribution in [3.05, 3.63) is 29.8 Å². The molecule has 1 fully saturated rings. The van der Waals surface area contributed by atoms with Crippen molar-refractivity contribution in [3.8, 4) is 5.75 Å². The average Bonchev–Trinajstić information content (AvgIpc) is 2.61. The fourth-order valence-electron chi connectivity index (χ4n) is 2.54. The Kier molecular flexibility index (Phi) is 6.83. The average molecular weight is 322 g/mol. The molecule has 0 atom stereocenters. The molecule has 0 saturated carbocycles. The summed E-state index contributed by atoms with van der Waals surface area (Å²) in [5.74, 6) is 0.587. The van der Waals surface area contributed by atoms with Gasteiger partial charge in [0.1, 0.15) is 5.75 Å². The van der Waals surface area contributed by atoms with Gasteiger partial charge in [0.15, 0.2) is 0 Å². The minimum absolute atomic E-state index is 0.0601. The number of aliphatic hydroxyl groups is 1. The van der Waals surface area contributed by atoms with Gasteiger partial charge in [0.05, 0.1) is 13.2 Å². The number of carbonyl (C=O) groups is 1. The third-order valence-corrected chi connectivity index (χ3v) is 4.25. The molecule has 0 aromatic heterocycles. The van der Waals surface area contributed by atoms with Crippen molar-refractivity contribution in [1.29, 1.82) is 0 Å². The van der Waals surface area contributed by atoms with Gasteiger partial charge in [-0.05, 0) is 50.1 Å². The molecule has 1 aliphatic heterocycles. The maximum atomic E-state index is 12.2. The number of rotatable bonds is 8. The standard InChI is InChI=1S/C17H26N2O4/c18-8-1-9-23-15-4-2-14(3-5-15)16(21)19-12-17(13-20)6-10-22-11-7-17/h2-5,20H,1,6-13,18H2,(H,19,21). The van der Waals surface area contributed by atoms with Crippen molar-refractivity contribution in [2.75, 3.05) is 39.5 Å². The van der Waals surface area contributed by atoms with Crippen molar-refractivity contribution < 1.29 is 19.4 Å². The Morgan fingerprint density at radius 3 is 2.61 bits per heavy atom. The molecule has 1 aromatic rings. The number of amides is 1. The van der Waals surface area contributed by atoms with Gasteiger partial charge >= 0.3 is 0 Å². The molecular formula is C17H26N2O4. The quantitative estimate of drug-likeness (QED) is 0.619. The molecule has 0 bridgehead atoms. The zero-order valence-corrected chi connectivity index (χ0v) is 13.4. The van der Waals surface area contributed by atoms with Crippen LogP contribution in [-0.4, -0.2) is 50.5 Å². The van der Waals surface area contributed by atoms with Gasteiger partial charge in [-0.25, -0.2) is 0 Å². The van der Waals surface area contributed by atoms with E-state index in [-0.39, 0.29) is 17.9 Å². The fourth-order valence-corrected chi connectivity index (χ4v) is 2.54. The Bertz CT molecular complexity index is 484. The summed E-state index contributed by atoms with van der Waals surface area (Å²) < 4.78 is 10.8. The molecule has 128 valence electrons. The summed E-state index contributed by atoms with van der Waals surface area (Å²) in [6, 6.07) is 7.04. The van der Waals surface area contributed by atoms with Crippen LogP contribution >= 0.6 is 0 Å². The first-order valence-electron chi connectivity index (χ1n) is 8.09. The molecule has 1 aromatic carbocycles. The summed E-state index contributed by atoms with van der Waals surface area (Å²) in [6.07, 6.45) is 2.32. The third kappa shape index (κ3) is 5.20. The van der Waals surface area contributed by atoms with Gasteiger partial charge in [-0.2, -0.15) is 0 Å². The van der Waals surface area contributed by atoms with E-state index < -0.39 is 0 Å². The van der Waals surface area contributed by atoms with Crippen molar-refractivity contribution in [2.24, 2.45) is 11.1 Å². The highest BCUT2D eigenvalue weighted by atomic mass is 16.5. The molecule has 0 spiro atoms. The third-order valence-electron chi connectivity index (χ3n) is 4.25. The SMILES string of the molecule is NCCCOc1ccc(C(=O)NCC2(CO)CCOCC2)cc1. The highest BCUT2D eigenvalue weighted by molar-refractivity contribution is 5.94. The van der Waals surface area contributed by atoms with E-state index >= 15 is 0 Å². The summed E-state index contributed by atoms with van der Waals surface area (Å²) in [4.78, 5) is 12.2. The monoisotopic (exact) mass is 322 g/mol. The number of nitrogens with two attached hydrogens (primary N) is 1. The van der Waals surface area contributed by atoms with E-state index in [1.54, 1.807) is 24.3 Å². The molecular weight excluding hydrogens is 296 g/mol. The number of hydrogen-bond acceptors (Lipinski definition) is 5. The largest absolute Gasteiger partial charge is 0.494 e. The Labute approximate surface area is 137 Å². The lowest BCUT2D eigenvalue weighted by molar-refractivity contribution is -0.0146. The first-order valence-corrected chi connectivity index (χ1v) is 8.09. The molecule has 1 amide bonds. The van der Waals surface area contributed by atoms with Crippen molar-refractivity contribution >= 4 is 5.91 Å². The van der Waals surface area contributed by atoms with E-state index in [0.717, 1.165) is 25.0 Å². The van der Waals surface area contributed by atoms with Crippen LogP contribution in [0.25, 0.3) is 0 Å². The molecule has 2 rings (SSSR count). The van der Waals surface area contributed by atoms with Gasteiger partial charge < -0.3 is 25.6 Å². The Morgan fingerprint density at radius 1 is 1.30 bits per heavy atom. The Hall–Kier alpha value is -1.63. The number of hydrogen-bond donors (Lipinski definition) is 3. The summed E-state index contributed by atoms with van der Waals surface area (Å²) >= 11 is 0. The van der Waals surface area contributed by atoms with Crippen LogP contribution < -0.4 is 15.8 Å². The van der Waals surface area contributed by atoms with Crippen LogP contribution in [0.3, 0.4) is 0 Å². The van der Waals surface area contributed by atoms with E-state index in [1.165, 1.54) is 0 Å². The van der Waals surface area contributed by atoms with E-state index in [2.05, 4.69) is 5.32 Å². The first-order chi connectivity index (χ1) is 11.2. The maximum Gasteiger partial charge on any atom is 0.251 e. The lowest BCUT2D eigenvalue weighted by Gasteiger charge is -2.35. The number of nitrogens with one attached hydrogen (secondary N) is 1. The molecule has 23 heavy (non-hydrogen) atoms. The van der Waals surface area contributed by atoms with Crippen LogP contribution in [-0.2, 0) is 4.74 Å². The maximum absolute atomic E-state index is 12.2. The number of ether oxygens (including phenoxy) is 2. The minimum Gasteiger partial charge on any atom is -0.494 e. The predicted octanol–water partition coefficient (Wildman–Crippen LogP) is 0.933. The van der Waals surface area contributed by atoms with Crippen molar-refractivity contribution in [3.63, 3.8) is 0 Å². The number of aliphatic hydroxyl groups excluding tert-OH is 1. The zero-order valence-electron chi connectivity index (χ0n) is 13.4. The molecule has 0 aliphatic carbocycles. The second-order valence-electron chi connectivity index (χ2n) is 5.97. The molecule has 1 heterocycles. The predicted molar refractivity (Wildman–Crippen MR) is 87.5 cm³/mol. The van der Waals surface area contributed by atoms with Gasteiger partial charge in [-0.15, -0.1) is 0 Å². The van der Waals surface area contributed by atoms with Crippen LogP contribution in [0.15, 0.2) is 24.3 Å². The number of benzene rings is 1. The van der Waals surface area contributed by atoms with Crippen molar-refractivity contribution in [1.82, 2.24) is 5.32 Å². The highest BCUT2D eigenvalue weighted by Gasteiger charge is 2.32. The second-order valence-corrected chi connectivity index (χ2v) is 5.97. The zero-order chi connectivity index (χ0) is 16.5. The normalized spacial score (nSPS) is 16.8. The molecule has 6 nitrogen and oxygen atoms in total. The van der Waals surface area contributed by atoms with Crippen LogP contribution in [0.1, 0.15) is 29.6 Å². The lowest BCUT2D eigenvalue weighted by atomic mass is 9.81. The van der Waals surface area contributed by atoms with Gasteiger partial charge in [-0.1, -0.05) is 0 Å². The van der Waals surface area contributed by atoms with Crippen LogP contribution in [0.4, 0.5) is 0 Å². The highest BCUT2D eigenvalue weighted by Crippen LogP contribution is 2.29. The molecule has 0 radical (unpaired) electrons. The van der Waals surface area contributed by atoms with Gasteiger partial charge in [0.25, 0.3) is 5.91 Å². The Balaban J connectivity index is 1.85. The summed E-state index contributed by atoms with van der Waals surface area (Å²) in [5, 5.41) is 12.6. The fraction of sp³-hybridized carbons (Fsp3) is 0.588. The summed E-state index contributed by atoms with van der Waals surface area (Å²) in [7, 11) is 0. The van der Waals surface area contributed by atoms with Crippen LogP contribution in [0.5, 0.6) is 5.75 Å². The van der Waals surface area contributed by atoms with Gasteiger partial charge in [0, 0.05) is 30.7 Å². The van der Waals surface area contributed by atoms with Crippen LogP contribution in [0.2, 0.25) is 0 Å². The lowest BCUT2D eigenvalue weighted by Crippen LogP contribution is -2.43. The molecule has 1 saturated heterocycles. The van der Waals surface area contributed by atoms with Gasteiger partial charge in [-0.3, -0.25) is 4.79 Å². The van der Waals surface area contributed by atoms with E-state index in [1.807, 2.05) is 0 Å². The van der Waals surface area contributed by atoms with E-state index in [0.29, 0.717) is 38.5 Å². The topological polar surface area (TPSA) is 93.8 Å². The Morgan fingerprint density at radius 2 is 2.00 bits per heavy atom. The molecule has 6 heteroatoms. The van der Waals surface area contributed by atoms with Crippen LogP contribution in [0, 0.1) is 5.41 Å². The molecule has 0 unspecified atom stereocenters. The minimum atomic E-state index is -0.265. The van der Waals surface area contributed by atoms with Crippen molar-refractivity contribution in [2.45, 2.75) is 19.3 Å².